The molecule has 6 nitrogen and oxygen atoms in total. The van der Waals surface area contributed by atoms with Crippen LogP contribution in [-0.2, 0) is 21.2 Å². The molecular weight excluding hydrogens is 412 g/mol. The number of methoxy groups -OCH3 is 1. The van der Waals surface area contributed by atoms with Gasteiger partial charge < -0.3 is 10.1 Å². The maximum atomic E-state index is 13.8. The van der Waals surface area contributed by atoms with Gasteiger partial charge in [0.05, 0.1) is 12.0 Å². The van der Waals surface area contributed by atoms with E-state index in [4.69, 9.17) is 4.74 Å². The highest BCUT2D eigenvalue weighted by Gasteiger charge is 2.48. The molecular formula is C24H30N2O4S. The SMILES string of the molecule is COc1ccc(C[C@@H]2C[C@@H]3NC(=O)CCCC[C@H]3N2S(=O)(=O)c2ccc(C)cc2)cc1. The van der Waals surface area contributed by atoms with E-state index in [0.717, 1.165) is 36.1 Å². The molecule has 1 amide bonds. The summed E-state index contributed by atoms with van der Waals surface area (Å²) in [4.78, 5) is 12.6. The van der Waals surface area contributed by atoms with Crippen molar-refractivity contribution in [2.24, 2.45) is 0 Å². The van der Waals surface area contributed by atoms with Crippen LogP contribution in [0.15, 0.2) is 53.4 Å². The van der Waals surface area contributed by atoms with Crippen LogP contribution in [0.2, 0.25) is 0 Å². The summed E-state index contributed by atoms with van der Waals surface area (Å²) in [6.45, 7) is 1.94. The molecule has 2 fully saturated rings. The number of nitrogens with zero attached hydrogens (tertiary/aromatic N) is 1. The lowest BCUT2D eigenvalue weighted by atomic mass is 9.98. The zero-order valence-corrected chi connectivity index (χ0v) is 18.9. The van der Waals surface area contributed by atoms with E-state index in [2.05, 4.69) is 5.32 Å². The number of sulfonamides is 1. The molecule has 0 saturated carbocycles. The topological polar surface area (TPSA) is 75.7 Å². The molecule has 2 aliphatic heterocycles. The van der Waals surface area contributed by atoms with Crippen molar-refractivity contribution in [2.75, 3.05) is 7.11 Å². The number of carbonyl (C=O) groups excluding carboxylic acids is 1. The summed E-state index contributed by atoms with van der Waals surface area (Å²) < 4.78 is 34.5. The summed E-state index contributed by atoms with van der Waals surface area (Å²) in [7, 11) is -2.07. The number of ether oxygens (including phenoxy) is 1. The number of benzene rings is 2. The van der Waals surface area contributed by atoms with Crippen LogP contribution in [0.25, 0.3) is 0 Å². The van der Waals surface area contributed by atoms with Gasteiger partial charge in [0.15, 0.2) is 0 Å². The molecule has 2 aliphatic rings. The minimum Gasteiger partial charge on any atom is -0.497 e. The molecule has 0 aliphatic carbocycles. The second kappa shape index (κ2) is 9.01. The maximum Gasteiger partial charge on any atom is 0.243 e. The average molecular weight is 443 g/mol. The minimum atomic E-state index is -3.70. The van der Waals surface area contributed by atoms with Gasteiger partial charge >= 0.3 is 0 Å². The number of amides is 1. The van der Waals surface area contributed by atoms with Crippen LogP contribution >= 0.6 is 0 Å². The van der Waals surface area contributed by atoms with Gasteiger partial charge in [-0.05, 0) is 62.4 Å². The number of carbonyl (C=O) groups is 1. The summed E-state index contributed by atoms with van der Waals surface area (Å²) in [6.07, 6.45) is 4.12. The van der Waals surface area contributed by atoms with Crippen molar-refractivity contribution < 1.29 is 17.9 Å². The molecule has 1 N–H and O–H groups in total. The van der Waals surface area contributed by atoms with Gasteiger partial charge in [-0.1, -0.05) is 36.2 Å². The standard InChI is InChI=1S/C24H30N2O4S/c1-17-7-13-21(14-8-17)31(28,29)26-19(15-18-9-11-20(30-2)12-10-18)16-22-23(26)5-3-4-6-24(27)25-22/h7-14,19,22-23H,3-6,15-16H2,1-2H3,(H,25,27)/t19-,22+,23-/m1/s1. The van der Waals surface area contributed by atoms with Crippen LogP contribution < -0.4 is 10.1 Å². The first-order valence-corrected chi connectivity index (χ1v) is 12.3. The normalized spacial score (nSPS) is 24.7. The molecule has 166 valence electrons. The fourth-order valence-electron chi connectivity index (χ4n) is 4.82. The number of nitrogens with one attached hydrogen (secondary N) is 1. The van der Waals surface area contributed by atoms with Gasteiger partial charge in [0.25, 0.3) is 0 Å². The van der Waals surface area contributed by atoms with Crippen LogP contribution in [0.4, 0.5) is 0 Å². The van der Waals surface area contributed by atoms with E-state index in [-0.39, 0.29) is 24.0 Å². The lowest BCUT2D eigenvalue weighted by Crippen LogP contribution is -2.48. The van der Waals surface area contributed by atoms with E-state index < -0.39 is 10.0 Å². The monoisotopic (exact) mass is 442 g/mol. The van der Waals surface area contributed by atoms with Crippen LogP contribution in [0.1, 0.15) is 43.2 Å². The smallest absolute Gasteiger partial charge is 0.243 e. The van der Waals surface area contributed by atoms with Gasteiger partial charge in [-0.2, -0.15) is 4.31 Å². The minimum absolute atomic E-state index is 0.0208. The van der Waals surface area contributed by atoms with Gasteiger partial charge in [0.2, 0.25) is 15.9 Å². The summed E-state index contributed by atoms with van der Waals surface area (Å²) in [5.41, 5.74) is 2.07. The number of aryl methyl sites for hydroxylation is 1. The summed E-state index contributed by atoms with van der Waals surface area (Å²) >= 11 is 0. The summed E-state index contributed by atoms with van der Waals surface area (Å²) in [5, 5.41) is 3.11. The Morgan fingerprint density at radius 2 is 1.77 bits per heavy atom. The molecule has 0 bridgehead atoms. The number of hydrogen-bond donors (Lipinski definition) is 1. The first kappa shape index (κ1) is 21.8. The van der Waals surface area contributed by atoms with Crippen LogP contribution in [0.5, 0.6) is 5.75 Å². The lowest BCUT2D eigenvalue weighted by Gasteiger charge is -2.32. The molecule has 31 heavy (non-hydrogen) atoms. The summed E-state index contributed by atoms with van der Waals surface area (Å²) in [5.74, 6) is 0.792. The van der Waals surface area contributed by atoms with Crippen molar-refractivity contribution in [3.8, 4) is 5.75 Å². The van der Waals surface area contributed by atoms with E-state index in [0.29, 0.717) is 24.2 Å². The van der Waals surface area contributed by atoms with E-state index in [1.807, 2.05) is 43.3 Å². The molecule has 0 radical (unpaired) electrons. The molecule has 0 spiro atoms. The average Bonchev–Trinajstić information content (AvgIpc) is 3.07. The van der Waals surface area contributed by atoms with Gasteiger partial charge in [0, 0.05) is 24.5 Å². The number of rotatable bonds is 5. The Balaban J connectivity index is 1.69. The second-order valence-electron chi connectivity index (χ2n) is 8.58. The number of fused-ring (bicyclic) bond motifs is 1. The van der Waals surface area contributed by atoms with Gasteiger partial charge in [-0.3, -0.25) is 4.79 Å². The second-order valence-corrected chi connectivity index (χ2v) is 10.4. The molecule has 7 heteroatoms. The Kier molecular flexibility index (Phi) is 6.34. The Morgan fingerprint density at radius 3 is 2.45 bits per heavy atom. The zero-order chi connectivity index (χ0) is 22.0. The molecule has 2 aromatic carbocycles. The van der Waals surface area contributed by atoms with E-state index >= 15 is 0 Å². The molecule has 2 heterocycles. The van der Waals surface area contributed by atoms with Crippen molar-refractivity contribution in [1.29, 1.82) is 0 Å². The Labute approximate surface area is 184 Å². The Bertz CT molecular complexity index is 1020. The Morgan fingerprint density at radius 1 is 1.06 bits per heavy atom. The Hall–Kier alpha value is -2.38. The molecule has 4 rings (SSSR count). The maximum absolute atomic E-state index is 13.8. The number of hydrogen-bond acceptors (Lipinski definition) is 4. The van der Waals surface area contributed by atoms with Gasteiger partial charge in [0.1, 0.15) is 5.75 Å². The van der Waals surface area contributed by atoms with E-state index in [1.165, 1.54) is 0 Å². The highest BCUT2D eigenvalue weighted by Crippen LogP contribution is 2.36. The quantitative estimate of drug-likeness (QED) is 0.770. The zero-order valence-electron chi connectivity index (χ0n) is 18.1. The van der Waals surface area contributed by atoms with Crippen LogP contribution in [0.3, 0.4) is 0 Å². The molecule has 3 atom stereocenters. The van der Waals surface area contributed by atoms with Crippen molar-refractivity contribution >= 4 is 15.9 Å². The lowest BCUT2D eigenvalue weighted by molar-refractivity contribution is -0.122. The van der Waals surface area contributed by atoms with Crippen molar-refractivity contribution in [2.45, 2.75) is 68.5 Å². The van der Waals surface area contributed by atoms with E-state index in [1.54, 1.807) is 23.5 Å². The molecule has 0 unspecified atom stereocenters. The highest BCUT2D eigenvalue weighted by molar-refractivity contribution is 7.89. The fraction of sp³-hybridized carbons (Fsp3) is 0.458. The predicted molar refractivity (Wildman–Crippen MR) is 119 cm³/mol. The molecule has 0 aromatic heterocycles. The largest absolute Gasteiger partial charge is 0.497 e. The van der Waals surface area contributed by atoms with Gasteiger partial charge in [-0.25, -0.2) is 8.42 Å². The van der Waals surface area contributed by atoms with Crippen LogP contribution in [-0.4, -0.2) is 43.9 Å². The van der Waals surface area contributed by atoms with Gasteiger partial charge in [-0.15, -0.1) is 0 Å². The van der Waals surface area contributed by atoms with Crippen molar-refractivity contribution in [1.82, 2.24) is 9.62 Å². The molecule has 2 aromatic rings. The highest BCUT2D eigenvalue weighted by atomic mass is 32.2. The van der Waals surface area contributed by atoms with E-state index in [9.17, 15) is 13.2 Å². The summed E-state index contributed by atoms with van der Waals surface area (Å²) in [6, 6.07) is 14.2. The third-order valence-electron chi connectivity index (χ3n) is 6.40. The first-order chi connectivity index (χ1) is 14.9. The fourth-order valence-corrected chi connectivity index (χ4v) is 6.70. The third-order valence-corrected chi connectivity index (χ3v) is 8.40. The van der Waals surface area contributed by atoms with Crippen molar-refractivity contribution in [3.63, 3.8) is 0 Å². The first-order valence-electron chi connectivity index (χ1n) is 10.9. The molecule has 2 saturated heterocycles. The third kappa shape index (κ3) is 4.62. The van der Waals surface area contributed by atoms with Crippen molar-refractivity contribution in [3.05, 3.63) is 59.7 Å². The van der Waals surface area contributed by atoms with Crippen LogP contribution in [0, 0.1) is 6.92 Å². The predicted octanol–water partition coefficient (Wildman–Crippen LogP) is 3.44.